The van der Waals surface area contributed by atoms with Crippen LogP contribution in [0.2, 0.25) is 0 Å². The number of hydrogen-bond donors (Lipinski definition) is 2. The zero-order valence-corrected chi connectivity index (χ0v) is 13.5. The lowest BCUT2D eigenvalue weighted by Crippen LogP contribution is -2.10. The van der Waals surface area contributed by atoms with Crippen LogP contribution in [0.5, 0.6) is 0 Å². The molecule has 0 aromatic heterocycles. The van der Waals surface area contributed by atoms with Crippen LogP contribution in [-0.4, -0.2) is 30.1 Å². The Labute approximate surface area is 137 Å². The Hall–Kier alpha value is -2.59. The Bertz CT molecular complexity index is 676. The zero-order chi connectivity index (χ0) is 16.7. The first kappa shape index (κ1) is 16.8. The second kappa shape index (κ2) is 8.15. The molecule has 0 aliphatic heterocycles. The molecule has 0 spiro atoms. The Morgan fingerprint density at radius 2 is 1.87 bits per heavy atom. The van der Waals surface area contributed by atoms with E-state index in [4.69, 9.17) is 5.11 Å². The molecule has 0 aliphatic carbocycles. The van der Waals surface area contributed by atoms with Crippen LogP contribution < -0.4 is 5.32 Å². The molecule has 0 fully saturated rings. The summed E-state index contributed by atoms with van der Waals surface area (Å²) in [4.78, 5) is 12.7. The van der Waals surface area contributed by atoms with Crippen molar-refractivity contribution in [3.63, 3.8) is 0 Å². The summed E-state index contributed by atoms with van der Waals surface area (Å²) in [7, 11) is 4.11. The van der Waals surface area contributed by atoms with Crippen LogP contribution in [0, 0.1) is 0 Å². The second-order valence-electron chi connectivity index (χ2n) is 5.70. The van der Waals surface area contributed by atoms with Crippen molar-refractivity contribution in [3.05, 3.63) is 71.3 Å². The summed E-state index contributed by atoms with van der Waals surface area (Å²) in [6, 6.07) is 16.2. The molecule has 0 radical (unpaired) electrons. The fourth-order valence-electron chi connectivity index (χ4n) is 2.27. The molecule has 0 heterocycles. The third-order valence-corrected chi connectivity index (χ3v) is 3.32. The van der Waals surface area contributed by atoms with Gasteiger partial charge in [0.15, 0.2) is 0 Å². The molecule has 2 rings (SSSR count). The first-order valence-corrected chi connectivity index (χ1v) is 7.50. The molecule has 0 bridgehead atoms. The maximum atomic E-state index is 10.6. The molecule has 2 N–H and O–H groups in total. The number of nitrogens with zero attached hydrogens (tertiary/aromatic N) is 1. The van der Waals surface area contributed by atoms with Crippen LogP contribution in [0.3, 0.4) is 0 Å². The summed E-state index contributed by atoms with van der Waals surface area (Å²) in [6.07, 6.45) is 2.75. The topological polar surface area (TPSA) is 52.6 Å². The van der Waals surface area contributed by atoms with E-state index >= 15 is 0 Å². The number of carboxylic acid groups (broad SMARTS) is 1. The van der Waals surface area contributed by atoms with Gasteiger partial charge in [0, 0.05) is 24.9 Å². The highest BCUT2D eigenvalue weighted by Crippen LogP contribution is 2.13. The largest absolute Gasteiger partial charge is 0.478 e. The summed E-state index contributed by atoms with van der Waals surface area (Å²) >= 11 is 0. The van der Waals surface area contributed by atoms with Gasteiger partial charge in [0.25, 0.3) is 0 Å². The molecule has 2 aromatic carbocycles. The normalized spacial score (nSPS) is 11.1. The molecular weight excluding hydrogens is 288 g/mol. The molecule has 2 aromatic rings. The van der Waals surface area contributed by atoms with Gasteiger partial charge in [-0.05, 0) is 55.1 Å². The minimum Gasteiger partial charge on any atom is -0.478 e. The number of benzene rings is 2. The van der Waals surface area contributed by atoms with Gasteiger partial charge in [-0.3, -0.25) is 0 Å². The van der Waals surface area contributed by atoms with Crippen molar-refractivity contribution >= 4 is 17.7 Å². The van der Waals surface area contributed by atoms with Gasteiger partial charge in [0.2, 0.25) is 0 Å². The van der Waals surface area contributed by atoms with Crippen molar-refractivity contribution in [2.75, 3.05) is 19.4 Å². The second-order valence-corrected chi connectivity index (χ2v) is 5.70. The molecule has 23 heavy (non-hydrogen) atoms. The van der Waals surface area contributed by atoms with Crippen LogP contribution in [0.1, 0.15) is 16.7 Å². The third-order valence-electron chi connectivity index (χ3n) is 3.32. The quantitative estimate of drug-likeness (QED) is 0.769. The SMILES string of the molecule is CN(C)Cc1ccc(NCc2cccc(C=CC(=O)O)c2)cc1. The summed E-state index contributed by atoms with van der Waals surface area (Å²) in [6.45, 7) is 1.63. The van der Waals surface area contributed by atoms with Gasteiger partial charge in [-0.25, -0.2) is 4.79 Å². The summed E-state index contributed by atoms with van der Waals surface area (Å²) in [5.74, 6) is -0.939. The van der Waals surface area contributed by atoms with Gasteiger partial charge < -0.3 is 15.3 Å². The number of carboxylic acids is 1. The van der Waals surface area contributed by atoms with E-state index in [-0.39, 0.29) is 0 Å². The molecule has 4 heteroatoms. The number of aliphatic carboxylic acids is 1. The van der Waals surface area contributed by atoms with Gasteiger partial charge in [-0.15, -0.1) is 0 Å². The number of hydrogen-bond acceptors (Lipinski definition) is 3. The zero-order valence-electron chi connectivity index (χ0n) is 13.5. The van der Waals surface area contributed by atoms with E-state index in [2.05, 4.69) is 48.6 Å². The lowest BCUT2D eigenvalue weighted by atomic mass is 10.1. The summed E-state index contributed by atoms with van der Waals surface area (Å²) < 4.78 is 0. The molecule has 0 atom stereocenters. The molecule has 0 amide bonds. The molecule has 0 aliphatic rings. The van der Waals surface area contributed by atoms with Gasteiger partial charge in [0.1, 0.15) is 0 Å². The Kier molecular flexibility index (Phi) is 5.94. The predicted octanol–water partition coefficient (Wildman–Crippen LogP) is 3.46. The third kappa shape index (κ3) is 5.96. The monoisotopic (exact) mass is 310 g/mol. The van der Waals surface area contributed by atoms with Crippen LogP contribution in [0.25, 0.3) is 6.08 Å². The van der Waals surface area contributed by atoms with Crippen LogP contribution >= 0.6 is 0 Å². The van der Waals surface area contributed by atoms with E-state index in [0.29, 0.717) is 6.54 Å². The first-order chi connectivity index (χ1) is 11.0. The van der Waals surface area contributed by atoms with Gasteiger partial charge in [-0.2, -0.15) is 0 Å². The number of carbonyl (C=O) groups is 1. The van der Waals surface area contributed by atoms with Crippen LogP contribution in [0.15, 0.2) is 54.6 Å². The van der Waals surface area contributed by atoms with Crippen molar-refractivity contribution in [1.82, 2.24) is 4.90 Å². The molecule has 0 saturated heterocycles. The van der Waals surface area contributed by atoms with E-state index in [1.165, 1.54) is 5.56 Å². The maximum absolute atomic E-state index is 10.6. The van der Waals surface area contributed by atoms with Crippen LogP contribution in [0.4, 0.5) is 5.69 Å². The Balaban J connectivity index is 1.95. The Morgan fingerprint density at radius 3 is 2.52 bits per heavy atom. The number of anilines is 1. The predicted molar refractivity (Wildman–Crippen MR) is 94.3 cm³/mol. The van der Waals surface area contributed by atoms with E-state index in [9.17, 15) is 4.79 Å². The number of rotatable bonds is 7. The molecule has 0 saturated carbocycles. The van der Waals surface area contributed by atoms with E-state index in [1.807, 2.05) is 24.3 Å². The van der Waals surface area contributed by atoms with Crippen molar-refractivity contribution in [2.24, 2.45) is 0 Å². The summed E-state index contributed by atoms with van der Waals surface area (Å²) in [5.41, 5.74) is 4.34. The highest BCUT2D eigenvalue weighted by Gasteiger charge is 1.98. The minimum atomic E-state index is -0.939. The van der Waals surface area contributed by atoms with Gasteiger partial charge in [0.05, 0.1) is 0 Å². The van der Waals surface area contributed by atoms with E-state index < -0.39 is 5.97 Å². The molecule has 4 nitrogen and oxygen atoms in total. The minimum absolute atomic E-state index is 0.696. The maximum Gasteiger partial charge on any atom is 0.328 e. The standard InChI is InChI=1S/C19H22N2O2/c1-21(2)14-16-6-9-18(10-7-16)20-13-17-5-3-4-15(12-17)8-11-19(22)23/h3-12,20H,13-14H2,1-2H3,(H,22,23). The van der Waals surface area contributed by atoms with E-state index in [0.717, 1.165) is 29.4 Å². The highest BCUT2D eigenvalue weighted by atomic mass is 16.4. The van der Waals surface area contributed by atoms with E-state index in [1.54, 1.807) is 6.08 Å². The first-order valence-electron chi connectivity index (χ1n) is 7.50. The fraction of sp³-hybridized carbons (Fsp3) is 0.211. The van der Waals surface area contributed by atoms with Crippen molar-refractivity contribution < 1.29 is 9.90 Å². The van der Waals surface area contributed by atoms with Crippen molar-refractivity contribution in [3.8, 4) is 0 Å². The van der Waals surface area contributed by atoms with Crippen LogP contribution in [-0.2, 0) is 17.9 Å². The van der Waals surface area contributed by atoms with Crippen molar-refractivity contribution in [1.29, 1.82) is 0 Å². The smallest absolute Gasteiger partial charge is 0.328 e. The lowest BCUT2D eigenvalue weighted by molar-refractivity contribution is -0.131. The number of nitrogens with one attached hydrogen (secondary N) is 1. The molecule has 120 valence electrons. The molecule has 0 unspecified atom stereocenters. The highest BCUT2D eigenvalue weighted by molar-refractivity contribution is 5.85. The summed E-state index contributed by atoms with van der Waals surface area (Å²) in [5, 5.41) is 12.1. The van der Waals surface area contributed by atoms with Gasteiger partial charge >= 0.3 is 5.97 Å². The lowest BCUT2D eigenvalue weighted by Gasteiger charge is -2.11. The molecular formula is C19H22N2O2. The Morgan fingerprint density at radius 1 is 1.13 bits per heavy atom. The average Bonchev–Trinajstić information content (AvgIpc) is 2.52. The van der Waals surface area contributed by atoms with Gasteiger partial charge in [-0.1, -0.05) is 30.3 Å². The average molecular weight is 310 g/mol. The fourth-order valence-corrected chi connectivity index (χ4v) is 2.27. The van der Waals surface area contributed by atoms with Crippen molar-refractivity contribution in [2.45, 2.75) is 13.1 Å².